The van der Waals surface area contributed by atoms with Gasteiger partial charge >= 0.3 is 0 Å². The van der Waals surface area contributed by atoms with Crippen molar-refractivity contribution in [2.24, 2.45) is 5.84 Å². The van der Waals surface area contributed by atoms with Gasteiger partial charge in [-0.3, -0.25) is 0 Å². The molecule has 17 heavy (non-hydrogen) atoms. The van der Waals surface area contributed by atoms with Crippen molar-refractivity contribution in [2.75, 3.05) is 5.43 Å². The lowest BCUT2D eigenvalue weighted by Gasteiger charge is -2.07. The van der Waals surface area contributed by atoms with Gasteiger partial charge in [-0.2, -0.15) is 0 Å². The predicted molar refractivity (Wildman–Crippen MR) is 66.4 cm³/mol. The van der Waals surface area contributed by atoms with Gasteiger partial charge in [0.15, 0.2) is 0 Å². The van der Waals surface area contributed by atoms with Crippen molar-refractivity contribution in [3.63, 3.8) is 0 Å². The van der Waals surface area contributed by atoms with Crippen molar-refractivity contribution in [3.05, 3.63) is 40.6 Å². The molecular weight excluding hydrogens is 263 g/mol. The van der Waals surface area contributed by atoms with Gasteiger partial charge in [0.2, 0.25) is 5.88 Å². The SMILES string of the molecule is NNc1cc(Oc2cccc(Cl)c2Cl)ncn1. The molecule has 0 amide bonds. The fourth-order valence-corrected chi connectivity index (χ4v) is 1.48. The summed E-state index contributed by atoms with van der Waals surface area (Å²) in [6.45, 7) is 0. The molecule has 1 aromatic carbocycles. The van der Waals surface area contributed by atoms with E-state index >= 15 is 0 Å². The first-order valence-electron chi connectivity index (χ1n) is 4.61. The molecule has 1 aromatic heterocycles. The van der Waals surface area contributed by atoms with Gasteiger partial charge in [-0.1, -0.05) is 29.3 Å². The zero-order valence-corrected chi connectivity index (χ0v) is 10.0. The maximum absolute atomic E-state index is 5.98. The number of nitrogens with two attached hydrogens (primary N) is 1. The van der Waals surface area contributed by atoms with Gasteiger partial charge in [-0.05, 0) is 12.1 Å². The van der Waals surface area contributed by atoms with Gasteiger partial charge in [0.1, 0.15) is 22.9 Å². The molecule has 1 heterocycles. The summed E-state index contributed by atoms with van der Waals surface area (Å²) >= 11 is 11.8. The van der Waals surface area contributed by atoms with Crippen LogP contribution in [0.15, 0.2) is 30.6 Å². The molecule has 2 aromatic rings. The molecule has 3 N–H and O–H groups in total. The number of ether oxygens (including phenoxy) is 1. The minimum atomic E-state index is 0.317. The molecule has 0 bridgehead atoms. The Morgan fingerprint density at radius 2 is 2.06 bits per heavy atom. The Kier molecular flexibility index (Phi) is 3.63. The largest absolute Gasteiger partial charge is 0.437 e. The van der Waals surface area contributed by atoms with Crippen molar-refractivity contribution in [1.29, 1.82) is 0 Å². The second kappa shape index (κ2) is 5.18. The van der Waals surface area contributed by atoms with Crippen LogP contribution in [0.25, 0.3) is 0 Å². The number of anilines is 1. The average molecular weight is 271 g/mol. The smallest absolute Gasteiger partial charge is 0.224 e. The molecule has 0 aliphatic rings. The summed E-state index contributed by atoms with van der Waals surface area (Å²) in [4.78, 5) is 7.78. The minimum absolute atomic E-state index is 0.317. The highest BCUT2D eigenvalue weighted by Crippen LogP contribution is 2.34. The van der Waals surface area contributed by atoms with E-state index in [-0.39, 0.29) is 0 Å². The van der Waals surface area contributed by atoms with Crippen LogP contribution in [0.3, 0.4) is 0 Å². The molecule has 7 heteroatoms. The van der Waals surface area contributed by atoms with E-state index in [0.29, 0.717) is 27.5 Å². The third-order valence-corrected chi connectivity index (χ3v) is 2.72. The maximum Gasteiger partial charge on any atom is 0.224 e. The molecule has 0 radical (unpaired) electrons. The van der Waals surface area contributed by atoms with Crippen molar-refractivity contribution in [2.45, 2.75) is 0 Å². The van der Waals surface area contributed by atoms with E-state index in [9.17, 15) is 0 Å². The molecular formula is C10H8Cl2N4O. The fraction of sp³-hybridized carbons (Fsp3) is 0. The monoisotopic (exact) mass is 270 g/mol. The molecule has 5 nitrogen and oxygen atoms in total. The highest BCUT2D eigenvalue weighted by atomic mass is 35.5. The van der Waals surface area contributed by atoms with Crippen molar-refractivity contribution in [3.8, 4) is 11.6 Å². The zero-order chi connectivity index (χ0) is 12.3. The van der Waals surface area contributed by atoms with Crippen LogP contribution >= 0.6 is 23.2 Å². The quantitative estimate of drug-likeness (QED) is 0.663. The van der Waals surface area contributed by atoms with Crippen LogP contribution in [-0.4, -0.2) is 9.97 Å². The van der Waals surface area contributed by atoms with E-state index < -0.39 is 0 Å². The number of hydrogen-bond acceptors (Lipinski definition) is 5. The topological polar surface area (TPSA) is 73.1 Å². The molecule has 88 valence electrons. The second-order valence-electron chi connectivity index (χ2n) is 3.04. The number of nitrogen functional groups attached to an aromatic ring is 1. The highest BCUT2D eigenvalue weighted by molar-refractivity contribution is 6.42. The number of nitrogens with one attached hydrogen (secondary N) is 1. The predicted octanol–water partition coefficient (Wildman–Crippen LogP) is 2.86. The van der Waals surface area contributed by atoms with Gasteiger partial charge in [0.25, 0.3) is 0 Å². The minimum Gasteiger partial charge on any atom is -0.437 e. The Morgan fingerprint density at radius 1 is 1.24 bits per heavy atom. The van der Waals surface area contributed by atoms with Crippen LogP contribution < -0.4 is 16.0 Å². The summed E-state index contributed by atoms with van der Waals surface area (Å²) in [6.07, 6.45) is 1.32. The van der Waals surface area contributed by atoms with Gasteiger partial charge in [0, 0.05) is 6.07 Å². The molecule has 0 aliphatic carbocycles. The summed E-state index contributed by atoms with van der Waals surface area (Å²) in [6, 6.07) is 6.62. The molecule has 0 unspecified atom stereocenters. The first kappa shape index (κ1) is 11.9. The van der Waals surface area contributed by atoms with Crippen molar-refractivity contribution < 1.29 is 4.74 Å². The lowest BCUT2D eigenvalue weighted by molar-refractivity contribution is 0.462. The number of nitrogens with zero attached hydrogens (tertiary/aromatic N) is 2. The first-order valence-corrected chi connectivity index (χ1v) is 5.37. The number of hydrogen-bond donors (Lipinski definition) is 2. The van der Waals surface area contributed by atoms with E-state index in [1.54, 1.807) is 18.2 Å². The number of benzene rings is 1. The third kappa shape index (κ3) is 2.76. The van der Waals surface area contributed by atoms with Crippen LogP contribution in [0.4, 0.5) is 5.82 Å². The van der Waals surface area contributed by atoms with Crippen LogP contribution in [0, 0.1) is 0 Å². The van der Waals surface area contributed by atoms with Crippen molar-refractivity contribution >= 4 is 29.0 Å². The number of rotatable bonds is 3. The van der Waals surface area contributed by atoms with E-state index in [0.717, 1.165) is 0 Å². The van der Waals surface area contributed by atoms with Crippen LogP contribution in [0.5, 0.6) is 11.6 Å². The summed E-state index contributed by atoms with van der Waals surface area (Å²) in [5, 5.41) is 0.741. The van der Waals surface area contributed by atoms with Crippen LogP contribution in [-0.2, 0) is 0 Å². The van der Waals surface area contributed by atoms with Crippen LogP contribution in [0.1, 0.15) is 0 Å². The fourth-order valence-electron chi connectivity index (χ4n) is 1.15. The molecule has 0 fully saturated rings. The zero-order valence-electron chi connectivity index (χ0n) is 8.52. The Hall–Kier alpha value is -1.56. The van der Waals surface area contributed by atoms with E-state index in [2.05, 4.69) is 15.4 Å². The maximum atomic E-state index is 5.98. The lowest BCUT2D eigenvalue weighted by atomic mass is 10.3. The van der Waals surface area contributed by atoms with Gasteiger partial charge < -0.3 is 10.2 Å². The summed E-state index contributed by atoms with van der Waals surface area (Å²) < 4.78 is 5.47. The molecule has 0 atom stereocenters. The summed E-state index contributed by atoms with van der Waals surface area (Å²) in [5.41, 5.74) is 2.39. The molecule has 0 spiro atoms. The number of hydrazine groups is 1. The Balaban J connectivity index is 2.28. The van der Waals surface area contributed by atoms with Crippen molar-refractivity contribution in [1.82, 2.24) is 9.97 Å². The Morgan fingerprint density at radius 3 is 2.82 bits per heavy atom. The van der Waals surface area contributed by atoms with Gasteiger partial charge in [-0.15, -0.1) is 0 Å². The van der Waals surface area contributed by atoms with Crippen LogP contribution in [0.2, 0.25) is 10.0 Å². The first-order chi connectivity index (χ1) is 8.20. The highest BCUT2D eigenvalue weighted by Gasteiger charge is 2.07. The molecule has 0 saturated carbocycles. The van der Waals surface area contributed by atoms with E-state index in [1.807, 2.05) is 0 Å². The Labute approximate surface area is 108 Å². The lowest BCUT2D eigenvalue weighted by Crippen LogP contribution is -2.08. The molecule has 0 saturated heterocycles. The third-order valence-electron chi connectivity index (χ3n) is 1.92. The van der Waals surface area contributed by atoms with E-state index in [4.69, 9.17) is 33.8 Å². The normalized spacial score (nSPS) is 10.1. The average Bonchev–Trinajstić information content (AvgIpc) is 2.35. The number of halogens is 2. The molecule has 0 aliphatic heterocycles. The molecule has 2 rings (SSSR count). The summed E-state index contributed by atoms with van der Waals surface area (Å²) in [5.74, 6) is 6.40. The van der Waals surface area contributed by atoms with Gasteiger partial charge in [0.05, 0.1) is 5.02 Å². The Bertz CT molecular complexity index is 535. The van der Waals surface area contributed by atoms with Gasteiger partial charge in [-0.25, -0.2) is 15.8 Å². The summed E-state index contributed by atoms with van der Waals surface area (Å²) in [7, 11) is 0. The van der Waals surface area contributed by atoms with E-state index in [1.165, 1.54) is 12.4 Å². The number of aromatic nitrogens is 2. The second-order valence-corrected chi connectivity index (χ2v) is 3.83. The standard InChI is InChI=1S/C10H8Cl2N4O/c11-6-2-1-3-7(10(6)12)17-9-4-8(16-13)14-5-15-9/h1-5H,13H2,(H,14,15,16).